The molecule has 1 aliphatic rings. The summed E-state index contributed by atoms with van der Waals surface area (Å²) in [6.45, 7) is 12.1. The molecule has 1 aliphatic heterocycles. The lowest BCUT2D eigenvalue weighted by atomic mass is 10.0. The fraction of sp³-hybridized carbons (Fsp3) is 0.483. The molecule has 8 heteroatoms. The van der Waals surface area contributed by atoms with Crippen molar-refractivity contribution in [2.75, 3.05) is 26.2 Å². The van der Waals surface area contributed by atoms with Crippen molar-refractivity contribution in [3.8, 4) is 0 Å². The lowest BCUT2D eigenvalue weighted by Gasteiger charge is -2.40. The van der Waals surface area contributed by atoms with E-state index in [9.17, 15) is 14.4 Å². The van der Waals surface area contributed by atoms with Crippen LogP contribution in [0.15, 0.2) is 36.9 Å². The number of benzene rings is 1. The summed E-state index contributed by atoms with van der Waals surface area (Å²) in [7, 11) is 0. The minimum atomic E-state index is -0.656. The van der Waals surface area contributed by atoms with E-state index in [1.807, 2.05) is 31.2 Å². The van der Waals surface area contributed by atoms with Gasteiger partial charge in [0.2, 0.25) is 0 Å². The minimum absolute atomic E-state index is 0.0252. The van der Waals surface area contributed by atoms with E-state index >= 15 is 0 Å². The number of carbonyl (C=O) groups excluding carboxylic acids is 3. The molecule has 0 radical (unpaired) electrons. The van der Waals surface area contributed by atoms with E-state index in [1.165, 1.54) is 30.9 Å². The van der Waals surface area contributed by atoms with Crippen molar-refractivity contribution in [2.45, 2.75) is 65.8 Å². The predicted octanol–water partition coefficient (Wildman–Crippen LogP) is 4.55. The van der Waals surface area contributed by atoms with Gasteiger partial charge in [-0.3, -0.25) is 9.59 Å². The minimum Gasteiger partial charge on any atom is -0.458 e. The molecule has 198 valence electrons. The Labute approximate surface area is 219 Å². The van der Waals surface area contributed by atoms with Crippen LogP contribution in [-0.4, -0.2) is 69.8 Å². The zero-order chi connectivity index (χ0) is 26.9. The number of hydrogen-bond donors (Lipinski definition) is 0. The zero-order valence-corrected chi connectivity index (χ0v) is 22.5. The smallest absolute Gasteiger partial charge is 0.342 e. The molecule has 1 fully saturated rings. The molecule has 0 aliphatic carbocycles. The molecule has 1 saturated heterocycles. The molecule has 2 aromatic rings. The van der Waals surface area contributed by atoms with Crippen LogP contribution in [0.2, 0.25) is 0 Å². The highest BCUT2D eigenvalue weighted by atomic mass is 16.5. The van der Waals surface area contributed by atoms with Gasteiger partial charge in [-0.05, 0) is 51.3 Å². The molecule has 0 spiro atoms. The molecule has 3 rings (SSSR count). The van der Waals surface area contributed by atoms with E-state index in [2.05, 4.69) is 23.5 Å². The molecule has 0 N–H and O–H groups in total. The van der Waals surface area contributed by atoms with E-state index in [-0.39, 0.29) is 35.7 Å². The maximum atomic E-state index is 13.5. The highest BCUT2D eigenvalue weighted by Crippen LogP contribution is 2.20. The Balaban J connectivity index is 1.68. The number of ether oxygens (including phenoxy) is 1. The number of nitrogens with zero attached hydrogens (tertiary/aromatic N) is 4. The average Bonchev–Trinajstić information content (AvgIpc) is 2.88. The van der Waals surface area contributed by atoms with Crippen molar-refractivity contribution in [1.29, 1.82) is 0 Å². The third-order valence-electron chi connectivity index (χ3n) is 6.64. The Morgan fingerprint density at radius 3 is 2.43 bits per heavy atom. The Hall–Kier alpha value is -3.55. The van der Waals surface area contributed by atoms with Gasteiger partial charge in [0.25, 0.3) is 11.8 Å². The molecule has 1 unspecified atom stereocenters. The second-order valence-corrected chi connectivity index (χ2v) is 9.57. The van der Waals surface area contributed by atoms with Crippen molar-refractivity contribution >= 4 is 17.8 Å². The molecular formula is C29H38N4O4. The van der Waals surface area contributed by atoms with Crippen molar-refractivity contribution in [3.63, 3.8) is 0 Å². The fourth-order valence-corrected chi connectivity index (χ4v) is 4.65. The third-order valence-corrected chi connectivity index (χ3v) is 6.64. The first-order valence-corrected chi connectivity index (χ1v) is 13.1. The SMILES string of the molecule is C=CCOC(=O)c1c(C)nc(C)nc1C(=O)N1CCN(C(=O)c2ccc(CCCCCC)cc2)C(C)C1. The first kappa shape index (κ1) is 28.0. The van der Waals surface area contributed by atoms with Gasteiger partial charge in [-0.1, -0.05) is 51.0 Å². The van der Waals surface area contributed by atoms with Gasteiger partial charge in [0.15, 0.2) is 0 Å². The standard InChI is InChI=1S/C29H38N4O4/c1-6-8-9-10-11-23-12-14-24(15-13-23)27(34)33-17-16-32(19-20(33)3)28(35)26-25(29(36)37-18-7-2)21(4)30-22(5)31-26/h7,12-15,20H,2,6,8-11,16-19H2,1,3-5H3. The normalized spacial score (nSPS) is 15.4. The van der Waals surface area contributed by atoms with Gasteiger partial charge < -0.3 is 14.5 Å². The van der Waals surface area contributed by atoms with Crippen molar-refractivity contribution in [2.24, 2.45) is 0 Å². The second-order valence-electron chi connectivity index (χ2n) is 9.57. The number of amides is 2. The van der Waals surface area contributed by atoms with E-state index in [0.717, 1.165) is 12.8 Å². The Morgan fingerprint density at radius 2 is 1.78 bits per heavy atom. The van der Waals surface area contributed by atoms with Gasteiger partial charge in [-0.15, -0.1) is 0 Å². The molecule has 2 amide bonds. The maximum Gasteiger partial charge on any atom is 0.342 e. The summed E-state index contributed by atoms with van der Waals surface area (Å²) in [6.07, 6.45) is 7.34. The van der Waals surface area contributed by atoms with Crippen LogP contribution in [-0.2, 0) is 11.2 Å². The number of esters is 1. The van der Waals surface area contributed by atoms with Gasteiger partial charge in [0.1, 0.15) is 23.7 Å². The van der Waals surface area contributed by atoms with E-state index < -0.39 is 5.97 Å². The zero-order valence-electron chi connectivity index (χ0n) is 22.5. The number of unbranched alkanes of at least 4 members (excludes halogenated alkanes) is 3. The topological polar surface area (TPSA) is 92.7 Å². The number of piperazine rings is 1. The molecular weight excluding hydrogens is 468 g/mol. The number of rotatable bonds is 10. The van der Waals surface area contributed by atoms with Gasteiger partial charge >= 0.3 is 5.97 Å². The third kappa shape index (κ3) is 7.02. The van der Waals surface area contributed by atoms with Crippen LogP contribution >= 0.6 is 0 Å². The summed E-state index contributed by atoms with van der Waals surface area (Å²) in [6, 6.07) is 7.68. The maximum absolute atomic E-state index is 13.5. The number of hydrogen-bond acceptors (Lipinski definition) is 6. The van der Waals surface area contributed by atoms with E-state index in [0.29, 0.717) is 36.7 Å². The summed E-state index contributed by atoms with van der Waals surface area (Å²) < 4.78 is 5.17. The molecule has 8 nitrogen and oxygen atoms in total. The first-order chi connectivity index (χ1) is 17.8. The van der Waals surface area contributed by atoms with Crippen molar-refractivity contribution in [3.05, 3.63) is 70.8 Å². The monoisotopic (exact) mass is 506 g/mol. The average molecular weight is 507 g/mol. The van der Waals surface area contributed by atoms with Gasteiger partial charge in [0.05, 0.1) is 5.69 Å². The molecule has 2 heterocycles. The molecule has 37 heavy (non-hydrogen) atoms. The lowest BCUT2D eigenvalue weighted by Crippen LogP contribution is -2.55. The largest absolute Gasteiger partial charge is 0.458 e. The number of carbonyl (C=O) groups is 3. The van der Waals surface area contributed by atoms with Crippen LogP contribution in [0.4, 0.5) is 0 Å². The highest BCUT2D eigenvalue weighted by Gasteiger charge is 2.34. The lowest BCUT2D eigenvalue weighted by molar-refractivity contribution is 0.0406. The van der Waals surface area contributed by atoms with Crippen LogP contribution in [0.1, 0.15) is 87.8 Å². The molecule has 1 atom stereocenters. The predicted molar refractivity (Wildman–Crippen MR) is 143 cm³/mol. The second kappa shape index (κ2) is 13.1. The van der Waals surface area contributed by atoms with Crippen molar-refractivity contribution in [1.82, 2.24) is 19.8 Å². The van der Waals surface area contributed by atoms with Crippen LogP contribution in [0.5, 0.6) is 0 Å². The van der Waals surface area contributed by atoms with Gasteiger partial charge in [-0.25, -0.2) is 14.8 Å². The van der Waals surface area contributed by atoms with Gasteiger partial charge in [0, 0.05) is 31.2 Å². The van der Waals surface area contributed by atoms with Crippen molar-refractivity contribution < 1.29 is 19.1 Å². The first-order valence-electron chi connectivity index (χ1n) is 13.1. The van der Waals surface area contributed by atoms with Crippen LogP contribution in [0.3, 0.4) is 0 Å². The number of aryl methyl sites for hydroxylation is 3. The molecule has 1 aromatic carbocycles. The van der Waals surface area contributed by atoms with Crippen LogP contribution < -0.4 is 0 Å². The summed E-state index contributed by atoms with van der Waals surface area (Å²) in [4.78, 5) is 51.3. The Bertz CT molecular complexity index is 1130. The molecule has 0 saturated carbocycles. The molecule has 0 bridgehead atoms. The van der Waals surface area contributed by atoms with Gasteiger partial charge in [-0.2, -0.15) is 0 Å². The quantitative estimate of drug-likeness (QED) is 0.267. The summed E-state index contributed by atoms with van der Waals surface area (Å²) >= 11 is 0. The Kier molecular flexibility index (Phi) is 9.94. The summed E-state index contributed by atoms with van der Waals surface area (Å²) in [5.41, 5.74) is 2.38. The fourth-order valence-electron chi connectivity index (χ4n) is 4.65. The van der Waals surface area contributed by atoms with Crippen LogP contribution in [0, 0.1) is 13.8 Å². The Morgan fingerprint density at radius 1 is 1.05 bits per heavy atom. The van der Waals surface area contributed by atoms with E-state index in [4.69, 9.17) is 4.74 Å². The number of aromatic nitrogens is 2. The van der Waals surface area contributed by atoms with E-state index in [1.54, 1.807) is 23.6 Å². The van der Waals surface area contributed by atoms with Crippen LogP contribution in [0.25, 0.3) is 0 Å². The summed E-state index contributed by atoms with van der Waals surface area (Å²) in [5, 5.41) is 0. The summed E-state index contributed by atoms with van der Waals surface area (Å²) in [5.74, 6) is -0.668. The molecule has 1 aromatic heterocycles. The highest BCUT2D eigenvalue weighted by molar-refractivity contribution is 6.04.